The molecule has 0 bridgehead atoms. The van der Waals surface area contributed by atoms with Crippen LogP contribution in [0.5, 0.6) is 0 Å². The average molecular weight is 322 g/mol. The second-order valence-corrected chi connectivity index (χ2v) is 6.78. The maximum atomic E-state index is 12.6. The van der Waals surface area contributed by atoms with Gasteiger partial charge in [-0.05, 0) is 31.2 Å². The summed E-state index contributed by atoms with van der Waals surface area (Å²) in [5, 5.41) is 13.7. The Balaban J connectivity index is 1.88. The molecule has 1 aliphatic rings. The molecule has 110 valence electrons. The molecule has 3 rings (SSSR count). The normalized spacial score (nSPS) is 14.1. The summed E-state index contributed by atoms with van der Waals surface area (Å²) >= 11 is 2.92. The van der Waals surface area contributed by atoms with E-state index in [0.29, 0.717) is 10.6 Å². The fraction of sp³-hybridized carbons (Fsp3) is 0.357. The standard InChI is InChI=1S/C14H14N2O3S2/c1-8-12(21-13(15-8)9-4-5-20-7-9)14(19)16(6-11(17)18)10-2-3-10/h4-5,7,10H,2-3,6H2,1H3,(H,17,18). The van der Waals surface area contributed by atoms with E-state index in [1.54, 1.807) is 18.3 Å². The molecule has 2 aromatic rings. The van der Waals surface area contributed by atoms with Gasteiger partial charge in [-0.25, -0.2) is 4.98 Å². The predicted molar refractivity (Wildman–Crippen MR) is 81.9 cm³/mol. The minimum atomic E-state index is -0.976. The van der Waals surface area contributed by atoms with Crippen LogP contribution in [0.3, 0.4) is 0 Å². The third kappa shape index (κ3) is 2.98. The number of thiazole rings is 1. The smallest absolute Gasteiger partial charge is 0.323 e. The Hall–Kier alpha value is -1.73. The first-order valence-corrected chi connectivity index (χ1v) is 8.35. The van der Waals surface area contributed by atoms with Crippen molar-refractivity contribution in [1.29, 1.82) is 0 Å². The molecule has 0 aliphatic heterocycles. The summed E-state index contributed by atoms with van der Waals surface area (Å²) in [5.74, 6) is -1.19. The molecule has 2 heterocycles. The molecule has 0 unspecified atom stereocenters. The molecule has 1 fully saturated rings. The molecule has 7 heteroatoms. The van der Waals surface area contributed by atoms with Crippen molar-refractivity contribution in [1.82, 2.24) is 9.88 Å². The molecule has 5 nitrogen and oxygen atoms in total. The SMILES string of the molecule is Cc1nc(-c2ccsc2)sc1C(=O)N(CC(=O)O)C1CC1. The number of aromatic nitrogens is 1. The fourth-order valence-electron chi connectivity index (χ4n) is 2.13. The molecule has 0 atom stereocenters. The first kappa shape index (κ1) is 14.2. The third-order valence-corrected chi connectivity index (χ3v) is 5.19. The predicted octanol–water partition coefficient (Wildman–Crippen LogP) is 2.87. The fourth-order valence-corrected chi connectivity index (χ4v) is 3.87. The van der Waals surface area contributed by atoms with Crippen molar-refractivity contribution in [2.75, 3.05) is 6.54 Å². The largest absolute Gasteiger partial charge is 0.480 e. The molecule has 0 saturated heterocycles. The zero-order valence-corrected chi connectivity index (χ0v) is 13.0. The molecule has 0 aromatic carbocycles. The number of amides is 1. The highest BCUT2D eigenvalue weighted by molar-refractivity contribution is 7.17. The van der Waals surface area contributed by atoms with E-state index in [9.17, 15) is 9.59 Å². The number of aryl methyl sites for hydroxylation is 1. The third-order valence-electron chi connectivity index (χ3n) is 3.31. The summed E-state index contributed by atoms with van der Waals surface area (Å²) in [6, 6.07) is 2.03. The van der Waals surface area contributed by atoms with Crippen LogP contribution >= 0.6 is 22.7 Å². The Kier molecular flexibility index (Phi) is 3.77. The number of hydrogen-bond acceptors (Lipinski definition) is 5. The maximum Gasteiger partial charge on any atom is 0.323 e. The van der Waals surface area contributed by atoms with Crippen LogP contribution in [-0.4, -0.2) is 39.5 Å². The van der Waals surface area contributed by atoms with Crippen molar-refractivity contribution in [3.63, 3.8) is 0 Å². The van der Waals surface area contributed by atoms with Crippen LogP contribution < -0.4 is 0 Å². The lowest BCUT2D eigenvalue weighted by Gasteiger charge is -2.19. The van der Waals surface area contributed by atoms with Crippen molar-refractivity contribution in [3.05, 3.63) is 27.4 Å². The molecular formula is C14H14N2O3S2. The van der Waals surface area contributed by atoms with Gasteiger partial charge in [-0.2, -0.15) is 11.3 Å². The summed E-state index contributed by atoms with van der Waals surface area (Å²) in [6.45, 7) is 1.56. The first-order valence-electron chi connectivity index (χ1n) is 6.59. The maximum absolute atomic E-state index is 12.6. The van der Waals surface area contributed by atoms with E-state index in [0.717, 1.165) is 23.4 Å². The van der Waals surface area contributed by atoms with Crippen LogP contribution in [0.15, 0.2) is 16.8 Å². The Morgan fingerprint density at radius 2 is 2.24 bits per heavy atom. The van der Waals surface area contributed by atoms with Crippen LogP contribution in [0, 0.1) is 6.92 Å². The monoisotopic (exact) mass is 322 g/mol. The van der Waals surface area contributed by atoms with Gasteiger partial charge in [-0.1, -0.05) is 0 Å². The van der Waals surface area contributed by atoms with Gasteiger partial charge in [-0.3, -0.25) is 9.59 Å². The van der Waals surface area contributed by atoms with Crippen molar-refractivity contribution >= 4 is 34.6 Å². The van der Waals surface area contributed by atoms with E-state index in [1.165, 1.54) is 16.2 Å². The number of carbonyl (C=O) groups is 2. The van der Waals surface area contributed by atoms with Crippen LogP contribution in [-0.2, 0) is 4.79 Å². The summed E-state index contributed by atoms with van der Waals surface area (Å²) in [6.07, 6.45) is 1.77. The number of aliphatic carboxylic acids is 1. The summed E-state index contributed by atoms with van der Waals surface area (Å²) in [4.78, 5) is 30.0. The minimum Gasteiger partial charge on any atom is -0.480 e. The Morgan fingerprint density at radius 3 is 2.81 bits per heavy atom. The van der Waals surface area contributed by atoms with E-state index >= 15 is 0 Å². The Labute approximate surface area is 129 Å². The van der Waals surface area contributed by atoms with Gasteiger partial charge in [0, 0.05) is 17.0 Å². The number of thiophene rings is 1. The second kappa shape index (κ2) is 5.57. The number of carboxylic acid groups (broad SMARTS) is 1. The van der Waals surface area contributed by atoms with E-state index in [-0.39, 0.29) is 18.5 Å². The zero-order chi connectivity index (χ0) is 15.0. The Bertz CT molecular complexity index is 674. The van der Waals surface area contributed by atoms with Gasteiger partial charge in [0.1, 0.15) is 16.4 Å². The van der Waals surface area contributed by atoms with Gasteiger partial charge in [0.05, 0.1) is 5.69 Å². The summed E-state index contributed by atoms with van der Waals surface area (Å²) < 4.78 is 0. The molecule has 0 radical (unpaired) electrons. The van der Waals surface area contributed by atoms with Crippen molar-refractivity contribution in [2.24, 2.45) is 0 Å². The van der Waals surface area contributed by atoms with E-state index in [4.69, 9.17) is 5.11 Å². The highest BCUT2D eigenvalue weighted by atomic mass is 32.1. The molecule has 1 aliphatic carbocycles. The molecule has 21 heavy (non-hydrogen) atoms. The van der Waals surface area contributed by atoms with Crippen LogP contribution in [0.25, 0.3) is 10.6 Å². The zero-order valence-electron chi connectivity index (χ0n) is 11.4. The van der Waals surface area contributed by atoms with Crippen LogP contribution in [0.1, 0.15) is 28.2 Å². The first-order chi connectivity index (χ1) is 10.1. The van der Waals surface area contributed by atoms with E-state index in [1.807, 2.05) is 16.8 Å². The van der Waals surface area contributed by atoms with Crippen molar-refractivity contribution in [2.45, 2.75) is 25.8 Å². The van der Waals surface area contributed by atoms with E-state index in [2.05, 4.69) is 4.98 Å². The number of hydrogen-bond donors (Lipinski definition) is 1. The highest BCUT2D eigenvalue weighted by Crippen LogP contribution is 2.33. The number of carbonyl (C=O) groups excluding carboxylic acids is 1. The quantitative estimate of drug-likeness (QED) is 0.919. The number of carboxylic acids is 1. The van der Waals surface area contributed by atoms with Crippen LogP contribution in [0.4, 0.5) is 0 Å². The Morgan fingerprint density at radius 1 is 1.48 bits per heavy atom. The lowest BCUT2D eigenvalue weighted by atomic mass is 10.3. The van der Waals surface area contributed by atoms with Gasteiger partial charge >= 0.3 is 5.97 Å². The molecular weight excluding hydrogens is 308 g/mol. The van der Waals surface area contributed by atoms with Gasteiger partial charge in [-0.15, -0.1) is 11.3 Å². The van der Waals surface area contributed by atoms with Crippen molar-refractivity contribution in [3.8, 4) is 10.6 Å². The number of nitrogens with zero attached hydrogens (tertiary/aromatic N) is 2. The average Bonchev–Trinajstić information content (AvgIpc) is 2.98. The lowest BCUT2D eigenvalue weighted by molar-refractivity contribution is -0.137. The summed E-state index contributed by atoms with van der Waals surface area (Å²) in [7, 11) is 0. The minimum absolute atomic E-state index is 0.0692. The highest BCUT2D eigenvalue weighted by Gasteiger charge is 2.35. The van der Waals surface area contributed by atoms with E-state index < -0.39 is 5.97 Å². The summed E-state index contributed by atoms with van der Waals surface area (Å²) in [5.41, 5.74) is 1.67. The molecule has 2 aromatic heterocycles. The topological polar surface area (TPSA) is 70.5 Å². The lowest BCUT2D eigenvalue weighted by Crippen LogP contribution is -2.37. The van der Waals surface area contributed by atoms with Gasteiger partial charge in [0.15, 0.2) is 0 Å². The molecule has 1 N–H and O–H groups in total. The van der Waals surface area contributed by atoms with Crippen LogP contribution in [0.2, 0.25) is 0 Å². The molecule has 1 amide bonds. The molecule has 0 spiro atoms. The molecule has 1 saturated carbocycles. The van der Waals surface area contributed by atoms with Crippen molar-refractivity contribution < 1.29 is 14.7 Å². The van der Waals surface area contributed by atoms with Gasteiger partial charge in [0.25, 0.3) is 5.91 Å². The van der Waals surface area contributed by atoms with Gasteiger partial charge < -0.3 is 10.0 Å². The second-order valence-electron chi connectivity index (χ2n) is 5.00. The number of rotatable bonds is 5. The van der Waals surface area contributed by atoms with Gasteiger partial charge in [0.2, 0.25) is 0 Å².